The van der Waals surface area contributed by atoms with E-state index >= 15 is 0 Å². The van der Waals surface area contributed by atoms with Gasteiger partial charge in [0.05, 0.1) is 6.61 Å². The second kappa shape index (κ2) is 4.45. The Balaban J connectivity index is 3.29. The molecule has 0 aliphatic rings. The van der Waals surface area contributed by atoms with Gasteiger partial charge in [-0.2, -0.15) is 0 Å². The lowest BCUT2D eigenvalue weighted by atomic mass is 9.90. The van der Waals surface area contributed by atoms with Crippen molar-refractivity contribution in [3.63, 3.8) is 0 Å². The number of aliphatic hydroxyl groups is 1. The third-order valence-electron chi connectivity index (χ3n) is 2.57. The van der Waals surface area contributed by atoms with Crippen LogP contribution in [0.3, 0.4) is 0 Å². The van der Waals surface area contributed by atoms with Crippen LogP contribution >= 0.6 is 0 Å². The molecule has 15 heavy (non-hydrogen) atoms. The van der Waals surface area contributed by atoms with Crippen molar-refractivity contribution >= 4 is 5.97 Å². The molecule has 0 heterocycles. The Labute approximate surface area is 89.4 Å². The molecule has 0 aliphatic carbocycles. The van der Waals surface area contributed by atoms with Gasteiger partial charge in [0.2, 0.25) is 0 Å². The van der Waals surface area contributed by atoms with Crippen molar-refractivity contribution in [1.29, 1.82) is 0 Å². The van der Waals surface area contributed by atoms with Crippen molar-refractivity contribution in [2.75, 3.05) is 6.61 Å². The first kappa shape index (κ1) is 11.7. The number of rotatable bonds is 3. The monoisotopic (exact) mass is 208 g/mol. The minimum atomic E-state index is -0.979. The van der Waals surface area contributed by atoms with E-state index in [1.165, 1.54) is 0 Å². The molecule has 1 unspecified atom stereocenters. The van der Waals surface area contributed by atoms with Crippen molar-refractivity contribution in [3.8, 4) is 0 Å². The molecule has 0 amide bonds. The topological polar surface area (TPSA) is 57.5 Å². The highest BCUT2D eigenvalue weighted by Crippen LogP contribution is 2.25. The molecule has 2 N–H and O–H groups in total. The minimum absolute atomic E-state index is 0.361. The summed E-state index contributed by atoms with van der Waals surface area (Å²) in [5.74, 6) is -1.79. The molecular formula is C12H16O3. The van der Waals surface area contributed by atoms with Crippen LogP contribution in [0.1, 0.15) is 28.2 Å². The average molecular weight is 208 g/mol. The number of aliphatic hydroxyl groups excluding tert-OH is 1. The molecule has 1 atom stereocenters. The van der Waals surface area contributed by atoms with Gasteiger partial charge in [-0.05, 0) is 37.5 Å². The van der Waals surface area contributed by atoms with Crippen LogP contribution in [0, 0.1) is 20.8 Å². The number of carboxylic acid groups (broad SMARTS) is 1. The second-order valence-electron chi connectivity index (χ2n) is 3.89. The summed E-state index contributed by atoms with van der Waals surface area (Å²) >= 11 is 0. The molecule has 82 valence electrons. The predicted octanol–water partition coefficient (Wildman–Crippen LogP) is 1.77. The van der Waals surface area contributed by atoms with Gasteiger partial charge in [0.15, 0.2) is 0 Å². The zero-order chi connectivity index (χ0) is 11.6. The molecule has 0 aromatic heterocycles. The predicted molar refractivity (Wildman–Crippen MR) is 58.1 cm³/mol. The largest absolute Gasteiger partial charge is 0.481 e. The summed E-state index contributed by atoms with van der Waals surface area (Å²) in [6.07, 6.45) is 0. The van der Waals surface area contributed by atoms with Gasteiger partial charge in [0, 0.05) is 0 Å². The lowest BCUT2D eigenvalue weighted by Crippen LogP contribution is -2.18. The Kier molecular flexibility index (Phi) is 3.48. The fraction of sp³-hybridized carbons (Fsp3) is 0.417. The van der Waals surface area contributed by atoms with Crippen LogP contribution in [0.4, 0.5) is 0 Å². The summed E-state index contributed by atoms with van der Waals surface area (Å²) < 4.78 is 0. The van der Waals surface area contributed by atoms with E-state index in [1.54, 1.807) is 0 Å². The van der Waals surface area contributed by atoms with E-state index in [-0.39, 0.29) is 6.61 Å². The quantitative estimate of drug-likeness (QED) is 0.796. The molecule has 0 radical (unpaired) electrons. The van der Waals surface area contributed by atoms with Crippen molar-refractivity contribution in [2.45, 2.75) is 26.7 Å². The lowest BCUT2D eigenvalue weighted by Gasteiger charge is -2.16. The molecular weight excluding hydrogens is 192 g/mol. The highest BCUT2D eigenvalue weighted by Gasteiger charge is 2.22. The average Bonchev–Trinajstić information content (AvgIpc) is 2.09. The molecule has 0 aliphatic heterocycles. The summed E-state index contributed by atoms with van der Waals surface area (Å²) in [7, 11) is 0. The first-order valence-electron chi connectivity index (χ1n) is 4.88. The number of hydrogen-bond acceptors (Lipinski definition) is 2. The second-order valence-corrected chi connectivity index (χ2v) is 3.89. The third kappa shape index (κ3) is 2.36. The van der Waals surface area contributed by atoms with Crippen LogP contribution in [-0.4, -0.2) is 22.8 Å². The van der Waals surface area contributed by atoms with E-state index < -0.39 is 11.9 Å². The molecule has 0 saturated heterocycles. The maximum absolute atomic E-state index is 11.0. The van der Waals surface area contributed by atoms with Gasteiger partial charge in [-0.3, -0.25) is 4.79 Å². The number of benzene rings is 1. The highest BCUT2D eigenvalue weighted by atomic mass is 16.4. The van der Waals surface area contributed by atoms with E-state index in [0.29, 0.717) is 0 Å². The summed E-state index contributed by atoms with van der Waals surface area (Å²) in [4.78, 5) is 11.0. The third-order valence-corrected chi connectivity index (χ3v) is 2.57. The molecule has 0 spiro atoms. The zero-order valence-corrected chi connectivity index (χ0v) is 9.24. The summed E-state index contributed by atoms with van der Waals surface area (Å²) in [6, 6.07) is 3.88. The Morgan fingerprint density at radius 2 is 1.73 bits per heavy atom. The standard InChI is InChI=1S/C12H16O3/c1-7-4-8(2)11(9(3)5-7)10(6-13)12(14)15/h4-5,10,13H,6H2,1-3H3,(H,14,15). The van der Waals surface area contributed by atoms with Crippen LogP contribution in [0.5, 0.6) is 0 Å². The lowest BCUT2D eigenvalue weighted by molar-refractivity contribution is -0.139. The summed E-state index contributed by atoms with van der Waals surface area (Å²) in [5.41, 5.74) is 3.69. The van der Waals surface area contributed by atoms with Crippen LogP contribution in [0.2, 0.25) is 0 Å². The Morgan fingerprint density at radius 1 is 1.27 bits per heavy atom. The van der Waals surface area contributed by atoms with Crippen molar-refractivity contribution < 1.29 is 15.0 Å². The molecule has 0 fully saturated rings. The van der Waals surface area contributed by atoms with Crippen LogP contribution in [0.15, 0.2) is 12.1 Å². The molecule has 3 heteroatoms. The number of carboxylic acids is 1. The van der Waals surface area contributed by atoms with Gasteiger partial charge >= 0.3 is 5.97 Å². The molecule has 0 saturated carbocycles. The highest BCUT2D eigenvalue weighted by molar-refractivity contribution is 5.77. The van der Waals surface area contributed by atoms with Gasteiger partial charge in [-0.15, -0.1) is 0 Å². The Bertz CT molecular complexity index is 359. The number of aliphatic carboxylic acids is 1. The Morgan fingerprint density at radius 3 is 2.07 bits per heavy atom. The SMILES string of the molecule is Cc1cc(C)c(C(CO)C(=O)O)c(C)c1. The number of hydrogen-bond donors (Lipinski definition) is 2. The Hall–Kier alpha value is -1.35. The maximum Gasteiger partial charge on any atom is 0.313 e. The van der Waals surface area contributed by atoms with Gasteiger partial charge in [0.25, 0.3) is 0 Å². The summed E-state index contributed by atoms with van der Waals surface area (Å²) in [5, 5.41) is 18.1. The summed E-state index contributed by atoms with van der Waals surface area (Å²) in [6.45, 7) is 5.36. The van der Waals surface area contributed by atoms with Gasteiger partial charge in [-0.1, -0.05) is 17.7 Å². The smallest absolute Gasteiger partial charge is 0.313 e. The maximum atomic E-state index is 11.0. The van der Waals surface area contributed by atoms with Crippen LogP contribution in [-0.2, 0) is 4.79 Å². The minimum Gasteiger partial charge on any atom is -0.481 e. The van der Waals surface area contributed by atoms with E-state index in [9.17, 15) is 4.79 Å². The van der Waals surface area contributed by atoms with E-state index in [4.69, 9.17) is 10.2 Å². The number of carbonyl (C=O) groups is 1. The molecule has 3 nitrogen and oxygen atoms in total. The fourth-order valence-electron chi connectivity index (χ4n) is 2.03. The molecule has 1 aromatic rings. The van der Waals surface area contributed by atoms with Gasteiger partial charge < -0.3 is 10.2 Å². The van der Waals surface area contributed by atoms with E-state index in [2.05, 4.69) is 0 Å². The van der Waals surface area contributed by atoms with Crippen molar-refractivity contribution in [1.82, 2.24) is 0 Å². The zero-order valence-electron chi connectivity index (χ0n) is 9.24. The molecule has 1 aromatic carbocycles. The first-order valence-corrected chi connectivity index (χ1v) is 4.88. The van der Waals surface area contributed by atoms with Crippen LogP contribution < -0.4 is 0 Å². The number of aryl methyl sites for hydroxylation is 3. The molecule has 0 bridgehead atoms. The van der Waals surface area contributed by atoms with E-state index in [0.717, 1.165) is 22.3 Å². The normalized spacial score (nSPS) is 12.5. The van der Waals surface area contributed by atoms with Gasteiger partial charge in [0.1, 0.15) is 5.92 Å². The fourth-order valence-corrected chi connectivity index (χ4v) is 2.03. The van der Waals surface area contributed by atoms with Crippen LogP contribution in [0.25, 0.3) is 0 Å². The van der Waals surface area contributed by atoms with E-state index in [1.807, 2.05) is 32.9 Å². The molecule has 1 rings (SSSR count). The van der Waals surface area contributed by atoms with Crippen molar-refractivity contribution in [3.05, 3.63) is 34.4 Å². The first-order chi connectivity index (χ1) is 6.97. The van der Waals surface area contributed by atoms with Crippen molar-refractivity contribution in [2.24, 2.45) is 0 Å². The van der Waals surface area contributed by atoms with Gasteiger partial charge in [-0.25, -0.2) is 0 Å².